The van der Waals surface area contributed by atoms with Gasteiger partial charge in [0.1, 0.15) is 4.83 Å². The van der Waals surface area contributed by atoms with Gasteiger partial charge in [0.25, 0.3) is 5.56 Å². The molecule has 2 aliphatic rings. The van der Waals surface area contributed by atoms with E-state index < -0.39 is 0 Å². The Hall–Kier alpha value is -1.34. The highest BCUT2D eigenvalue weighted by atomic mass is 32.2. The molecular weight excluding hydrogens is 390 g/mol. The molecule has 2 aromatic rings. The molecule has 0 unspecified atom stereocenters. The molecule has 2 aliphatic carbocycles. The number of amides is 1. The van der Waals surface area contributed by atoms with Crippen LogP contribution < -0.4 is 5.56 Å². The molecule has 0 N–H and O–H groups in total. The Bertz CT molecular complexity index is 953. The number of carbonyl (C=O) groups is 1. The average Bonchev–Trinajstić information content (AvgIpc) is 3.45. The SMILES string of the molecule is Cc1sc2nc(SCC(=O)N(C3CCC(C)CC3)C3CC3)n(C)c(=O)c2c1C. The molecule has 0 spiro atoms. The van der Waals surface area contributed by atoms with Gasteiger partial charge >= 0.3 is 0 Å². The fraction of sp³-hybridized carbons (Fsp3) is 0.667. The first kappa shape index (κ1) is 20.0. The first-order valence-corrected chi connectivity index (χ1v) is 12.1. The van der Waals surface area contributed by atoms with Gasteiger partial charge in [-0.25, -0.2) is 4.98 Å². The van der Waals surface area contributed by atoms with Crippen molar-refractivity contribution in [2.45, 2.75) is 76.5 Å². The predicted molar refractivity (Wildman–Crippen MR) is 116 cm³/mol. The third kappa shape index (κ3) is 3.75. The molecule has 7 heteroatoms. The summed E-state index contributed by atoms with van der Waals surface area (Å²) in [5, 5.41) is 1.36. The third-order valence-corrected chi connectivity index (χ3v) is 8.42. The van der Waals surface area contributed by atoms with Crippen LogP contribution in [0.4, 0.5) is 0 Å². The molecule has 2 heterocycles. The fourth-order valence-corrected chi connectivity index (χ4v) is 6.18. The van der Waals surface area contributed by atoms with Gasteiger partial charge < -0.3 is 4.90 Å². The van der Waals surface area contributed by atoms with Gasteiger partial charge in [-0.05, 0) is 63.9 Å². The summed E-state index contributed by atoms with van der Waals surface area (Å²) in [4.78, 5) is 34.7. The monoisotopic (exact) mass is 419 g/mol. The predicted octanol–water partition coefficient (Wildman–Crippen LogP) is 4.27. The largest absolute Gasteiger partial charge is 0.336 e. The molecule has 4 rings (SSSR count). The molecule has 0 radical (unpaired) electrons. The molecule has 5 nitrogen and oxygen atoms in total. The summed E-state index contributed by atoms with van der Waals surface area (Å²) in [5.74, 6) is 1.35. The minimum atomic E-state index is -0.0119. The van der Waals surface area contributed by atoms with Crippen molar-refractivity contribution in [3.63, 3.8) is 0 Å². The number of hydrogen-bond donors (Lipinski definition) is 0. The van der Waals surface area contributed by atoms with E-state index in [1.54, 1.807) is 23.0 Å². The van der Waals surface area contributed by atoms with E-state index in [2.05, 4.69) is 11.8 Å². The second-order valence-corrected chi connectivity index (χ2v) is 10.6. The average molecular weight is 420 g/mol. The summed E-state index contributed by atoms with van der Waals surface area (Å²) in [6.45, 7) is 6.31. The number of thiophene rings is 1. The molecule has 0 aromatic carbocycles. The van der Waals surface area contributed by atoms with Crippen LogP contribution in [-0.4, -0.2) is 38.2 Å². The first-order chi connectivity index (χ1) is 13.4. The van der Waals surface area contributed by atoms with Crippen molar-refractivity contribution >= 4 is 39.2 Å². The molecule has 0 bridgehead atoms. The van der Waals surface area contributed by atoms with Gasteiger partial charge in [0.15, 0.2) is 5.16 Å². The van der Waals surface area contributed by atoms with E-state index in [9.17, 15) is 9.59 Å². The summed E-state index contributed by atoms with van der Waals surface area (Å²) >= 11 is 2.97. The molecule has 1 amide bonds. The maximum absolute atomic E-state index is 13.1. The number of rotatable bonds is 5. The lowest BCUT2D eigenvalue weighted by molar-refractivity contribution is -0.132. The summed E-state index contributed by atoms with van der Waals surface area (Å²) in [6, 6.07) is 0.840. The van der Waals surface area contributed by atoms with E-state index in [0.717, 1.165) is 52.3 Å². The van der Waals surface area contributed by atoms with Crippen LogP contribution in [0.1, 0.15) is 55.9 Å². The van der Waals surface area contributed by atoms with Crippen molar-refractivity contribution in [2.24, 2.45) is 13.0 Å². The van der Waals surface area contributed by atoms with Gasteiger partial charge in [0.2, 0.25) is 5.91 Å². The Morgan fingerprint density at radius 3 is 2.39 bits per heavy atom. The molecule has 0 atom stereocenters. The fourth-order valence-electron chi connectivity index (χ4n) is 4.26. The van der Waals surface area contributed by atoms with E-state index in [0.29, 0.717) is 23.0 Å². The summed E-state index contributed by atoms with van der Waals surface area (Å²) in [6.07, 6.45) is 6.98. The third-order valence-electron chi connectivity index (χ3n) is 6.30. The zero-order valence-electron chi connectivity index (χ0n) is 17.2. The molecule has 2 saturated carbocycles. The minimum absolute atomic E-state index is 0.0119. The van der Waals surface area contributed by atoms with Crippen molar-refractivity contribution in [3.05, 3.63) is 20.8 Å². The number of hydrogen-bond acceptors (Lipinski definition) is 5. The maximum atomic E-state index is 13.1. The smallest absolute Gasteiger partial charge is 0.262 e. The van der Waals surface area contributed by atoms with Crippen LogP contribution in [0.5, 0.6) is 0 Å². The van der Waals surface area contributed by atoms with Crippen molar-refractivity contribution in [2.75, 3.05) is 5.75 Å². The van der Waals surface area contributed by atoms with Crippen LogP contribution in [0.15, 0.2) is 9.95 Å². The first-order valence-electron chi connectivity index (χ1n) is 10.3. The number of aromatic nitrogens is 2. The van der Waals surface area contributed by atoms with E-state index >= 15 is 0 Å². The van der Waals surface area contributed by atoms with Crippen molar-refractivity contribution < 1.29 is 4.79 Å². The van der Waals surface area contributed by atoms with Gasteiger partial charge in [0.05, 0.1) is 11.1 Å². The van der Waals surface area contributed by atoms with Gasteiger partial charge in [0, 0.05) is 24.0 Å². The number of nitrogens with zero attached hydrogens (tertiary/aromatic N) is 3. The number of fused-ring (bicyclic) bond motifs is 1. The van der Waals surface area contributed by atoms with Crippen LogP contribution in [0, 0.1) is 19.8 Å². The lowest BCUT2D eigenvalue weighted by Gasteiger charge is -2.36. The molecule has 0 saturated heterocycles. The van der Waals surface area contributed by atoms with Crippen molar-refractivity contribution in [1.82, 2.24) is 14.5 Å². The molecule has 152 valence electrons. The van der Waals surface area contributed by atoms with E-state index in [1.165, 1.54) is 24.6 Å². The standard InChI is InChI=1S/C21H29N3O2S2/c1-12-5-7-15(8-6-12)24(16-9-10-16)17(25)11-27-21-22-19-18(20(26)23(21)4)13(2)14(3)28-19/h12,15-16H,5-11H2,1-4H3. The molecule has 0 aliphatic heterocycles. The Morgan fingerprint density at radius 1 is 1.18 bits per heavy atom. The second kappa shape index (κ2) is 7.82. The van der Waals surface area contributed by atoms with Gasteiger partial charge in [-0.3, -0.25) is 14.2 Å². The van der Waals surface area contributed by atoms with Crippen LogP contribution in [-0.2, 0) is 11.8 Å². The Labute approximate surface area is 174 Å². The van der Waals surface area contributed by atoms with Crippen LogP contribution in [0.25, 0.3) is 10.2 Å². The molecule has 28 heavy (non-hydrogen) atoms. The Balaban J connectivity index is 1.51. The molecular formula is C21H29N3O2S2. The van der Waals surface area contributed by atoms with Crippen molar-refractivity contribution in [3.8, 4) is 0 Å². The topological polar surface area (TPSA) is 55.2 Å². The van der Waals surface area contributed by atoms with Gasteiger partial charge in [-0.2, -0.15) is 0 Å². The minimum Gasteiger partial charge on any atom is -0.336 e. The Kier molecular flexibility index (Phi) is 5.58. The van der Waals surface area contributed by atoms with E-state index in [1.807, 2.05) is 13.8 Å². The summed E-state index contributed by atoms with van der Waals surface area (Å²) in [5.41, 5.74) is 1.01. The normalized spacial score (nSPS) is 22.6. The second-order valence-electron chi connectivity index (χ2n) is 8.46. The Morgan fingerprint density at radius 2 is 1.79 bits per heavy atom. The number of carbonyl (C=O) groups excluding carboxylic acids is 1. The van der Waals surface area contributed by atoms with E-state index in [4.69, 9.17) is 4.98 Å². The van der Waals surface area contributed by atoms with Crippen molar-refractivity contribution in [1.29, 1.82) is 0 Å². The van der Waals surface area contributed by atoms with Gasteiger partial charge in [-0.1, -0.05) is 18.7 Å². The van der Waals surface area contributed by atoms with Crippen LogP contribution in [0.3, 0.4) is 0 Å². The van der Waals surface area contributed by atoms with E-state index in [-0.39, 0.29) is 11.5 Å². The highest BCUT2D eigenvalue weighted by molar-refractivity contribution is 7.99. The molecule has 2 fully saturated rings. The van der Waals surface area contributed by atoms with Crippen LogP contribution >= 0.6 is 23.1 Å². The highest BCUT2D eigenvalue weighted by Gasteiger charge is 2.38. The summed E-state index contributed by atoms with van der Waals surface area (Å²) in [7, 11) is 1.76. The highest BCUT2D eigenvalue weighted by Crippen LogP contribution is 2.36. The quantitative estimate of drug-likeness (QED) is 0.536. The summed E-state index contributed by atoms with van der Waals surface area (Å²) < 4.78 is 1.60. The lowest BCUT2D eigenvalue weighted by Crippen LogP contribution is -2.44. The lowest BCUT2D eigenvalue weighted by atomic mass is 9.86. The zero-order chi connectivity index (χ0) is 20.0. The zero-order valence-corrected chi connectivity index (χ0v) is 18.8. The van der Waals surface area contributed by atoms with Crippen LogP contribution in [0.2, 0.25) is 0 Å². The maximum Gasteiger partial charge on any atom is 0.262 e. The molecule has 2 aromatic heterocycles. The number of thioether (sulfide) groups is 1. The van der Waals surface area contributed by atoms with Gasteiger partial charge in [-0.15, -0.1) is 11.3 Å². The number of aryl methyl sites for hydroxylation is 2.